The second-order valence-electron chi connectivity index (χ2n) is 4.40. The van der Waals surface area contributed by atoms with E-state index in [1.54, 1.807) is 20.8 Å². The summed E-state index contributed by atoms with van der Waals surface area (Å²) in [5, 5.41) is -0.167. The summed E-state index contributed by atoms with van der Waals surface area (Å²) < 4.78 is 23.8. The van der Waals surface area contributed by atoms with Gasteiger partial charge in [-0.25, -0.2) is 12.7 Å². The fourth-order valence-corrected chi connectivity index (χ4v) is 3.03. The summed E-state index contributed by atoms with van der Waals surface area (Å²) >= 11 is 4.11. The Labute approximate surface area is 90.1 Å². The minimum Gasteiger partial charge on any atom is -0.274 e. The third kappa shape index (κ3) is 1.91. The molecule has 0 bridgehead atoms. The number of hydrogen-bond acceptors (Lipinski definition) is 4. The highest BCUT2D eigenvalue weighted by atomic mass is 32.2. The van der Waals surface area contributed by atoms with Crippen LogP contribution in [0.25, 0.3) is 0 Å². The van der Waals surface area contributed by atoms with Gasteiger partial charge in [0.2, 0.25) is 15.9 Å². The van der Waals surface area contributed by atoms with E-state index in [1.807, 2.05) is 0 Å². The number of nitrogens with zero attached hydrogens (tertiary/aromatic N) is 1. The Morgan fingerprint density at radius 3 is 2.21 bits per heavy atom. The summed E-state index contributed by atoms with van der Waals surface area (Å²) in [4.78, 5) is 11.4. The van der Waals surface area contributed by atoms with Crippen LogP contribution in [-0.4, -0.2) is 35.2 Å². The van der Waals surface area contributed by atoms with Gasteiger partial charge in [0.1, 0.15) is 0 Å². The monoisotopic (exact) mass is 237 g/mol. The Bertz CT molecular complexity index is 342. The standard InChI is InChI=1S/C8H15NO3S2/c1-8(2,3)14(11,12)9-5-6(13)4-7(9)10/h6,13H,4-5H2,1-3H3. The zero-order chi connectivity index (χ0) is 11.1. The Hall–Kier alpha value is -0.230. The van der Waals surface area contributed by atoms with Gasteiger partial charge in [0.05, 0.1) is 4.75 Å². The van der Waals surface area contributed by atoms with Gasteiger partial charge in [0.15, 0.2) is 0 Å². The Morgan fingerprint density at radius 1 is 1.43 bits per heavy atom. The maximum Gasteiger partial charge on any atom is 0.242 e. The van der Waals surface area contributed by atoms with Crippen molar-refractivity contribution in [2.45, 2.75) is 37.2 Å². The van der Waals surface area contributed by atoms with Crippen molar-refractivity contribution in [1.29, 1.82) is 0 Å². The molecule has 1 aliphatic rings. The van der Waals surface area contributed by atoms with Crippen molar-refractivity contribution in [3.8, 4) is 0 Å². The number of amides is 1. The molecule has 1 rings (SSSR count). The molecule has 0 aromatic heterocycles. The molecule has 1 aliphatic heterocycles. The first kappa shape index (κ1) is 11.8. The summed E-state index contributed by atoms with van der Waals surface area (Å²) in [6.45, 7) is 4.95. The molecule has 1 saturated heterocycles. The summed E-state index contributed by atoms with van der Waals surface area (Å²) in [6, 6.07) is 0. The summed E-state index contributed by atoms with van der Waals surface area (Å²) in [5.74, 6) is -0.347. The molecular weight excluding hydrogens is 222 g/mol. The normalized spacial score (nSPS) is 24.4. The van der Waals surface area contributed by atoms with Crippen LogP contribution in [0.5, 0.6) is 0 Å². The highest BCUT2D eigenvalue weighted by Crippen LogP contribution is 2.26. The highest BCUT2D eigenvalue weighted by Gasteiger charge is 2.42. The lowest BCUT2D eigenvalue weighted by Crippen LogP contribution is -2.43. The van der Waals surface area contributed by atoms with Gasteiger partial charge in [-0.3, -0.25) is 4.79 Å². The van der Waals surface area contributed by atoms with E-state index < -0.39 is 14.8 Å². The van der Waals surface area contributed by atoms with E-state index in [9.17, 15) is 13.2 Å². The fourth-order valence-electron chi connectivity index (χ4n) is 1.22. The van der Waals surface area contributed by atoms with Crippen molar-refractivity contribution in [3.63, 3.8) is 0 Å². The maximum atomic E-state index is 11.9. The lowest BCUT2D eigenvalue weighted by Gasteiger charge is -2.26. The molecule has 1 amide bonds. The molecule has 0 spiro atoms. The molecule has 0 aromatic carbocycles. The molecule has 82 valence electrons. The van der Waals surface area contributed by atoms with Crippen LogP contribution in [0.15, 0.2) is 0 Å². The molecule has 1 fully saturated rings. The van der Waals surface area contributed by atoms with Gasteiger partial charge in [-0.15, -0.1) is 0 Å². The first-order valence-electron chi connectivity index (χ1n) is 4.39. The molecule has 1 atom stereocenters. The number of carbonyl (C=O) groups is 1. The van der Waals surface area contributed by atoms with E-state index in [2.05, 4.69) is 12.6 Å². The molecule has 14 heavy (non-hydrogen) atoms. The van der Waals surface area contributed by atoms with Crippen LogP contribution in [0.2, 0.25) is 0 Å². The maximum absolute atomic E-state index is 11.9. The van der Waals surface area contributed by atoms with Crippen LogP contribution >= 0.6 is 12.6 Å². The number of rotatable bonds is 1. The van der Waals surface area contributed by atoms with Gasteiger partial charge in [-0.2, -0.15) is 12.6 Å². The van der Waals surface area contributed by atoms with E-state index in [0.29, 0.717) is 0 Å². The van der Waals surface area contributed by atoms with Crippen LogP contribution in [0.1, 0.15) is 27.2 Å². The van der Waals surface area contributed by atoms with Crippen LogP contribution in [-0.2, 0) is 14.8 Å². The Kier molecular flexibility index (Phi) is 2.89. The largest absolute Gasteiger partial charge is 0.274 e. The average molecular weight is 237 g/mol. The van der Waals surface area contributed by atoms with Gasteiger partial charge in [0.25, 0.3) is 0 Å². The first-order valence-corrected chi connectivity index (χ1v) is 6.35. The quantitative estimate of drug-likeness (QED) is 0.681. The van der Waals surface area contributed by atoms with Crippen molar-refractivity contribution in [2.24, 2.45) is 0 Å². The van der Waals surface area contributed by atoms with Gasteiger partial charge in [-0.1, -0.05) is 0 Å². The molecule has 0 saturated carbocycles. The predicted octanol–water partition coefficient (Wildman–Crippen LogP) is 0.645. The van der Waals surface area contributed by atoms with Crippen molar-refractivity contribution < 1.29 is 13.2 Å². The fraction of sp³-hybridized carbons (Fsp3) is 0.875. The molecule has 1 unspecified atom stereocenters. The predicted molar refractivity (Wildman–Crippen MR) is 57.8 cm³/mol. The molecule has 0 radical (unpaired) electrons. The summed E-state index contributed by atoms with van der Waals surface area (Å²) in [7, 11) is -3.52. The molecule has 0 aliphatic carbocycles. The van der Waals surface area contributed by atoms with E-state index in [4.69, 9.17) is 0 Å². The van der Waals surface area contributed by atoms with Crippen LogP contribution in [0, 0.1) is 0 Å². The van der Waals surface area contributed by atoms with E-state index in [0.717, 1.165) is 4.31 Å². The molecule has 1 heterocycles. The van der Waals surface area contributed by atoms with E-state index in [-0.39, 0.29) is 24.1 Å². The molecule has 0 N–H and O–H groups in total. The summed E-state index contributed by atoms with van der Waals surface area (Å²) in [6.07, 6.45) is 0.207. The van der Waals surface area contributed by atoms with Gasteiger partial charge >= 0.3 is 0 Å². The van der Waals surface area contributed by atoms with Crippen LogP contribution in [0.4, 0.5) is 0 Å². The molecule has 6 heteroatoms. The number of sulfonamides is 1. The lowest BCUT2D eigenvalue weighted by atomic mass is 10.3. The molecule has 0 aromatic rings. The van der Waals surface area contributed by atoms with Crippen molar-refractivity contribution in [3.05, 3.63) is 0 Å². The second-order valence-corrected chi connectivity index (χ2v) is 7.75. The van der Waals surface area contributed by atoms with Gasteiger partial charge in [0, 0.05) is 18.2 Å². The number of carbonyl (C=O) groups excluding carboxylic acids is 1. The Morgan fingerprint density at radius 2 is 1.93 bits per heavy atom. The smallest absolute Gasteiger partial charge is 0.242 e. The number of thiol groups is 1. The SMILES string of the molecule is CC(C)(C)S(=O)(=O)N1CC(S)CC1=O. The minimum absolute atomic E-state index is 0.167. The summed E-state index contributed by atoms with van der Waals surface area (Å²) in [5.41, 5.74) is 0. The van der Waals surface area contributed by atoms with E-state index >= 15 is 0 Å². The minimum atomic E-state index is -3.52. The van der Waals surface area contributed by atoms with Crippen LogP contribution in [0.3, 0.4) is 0 Å². The highest BCUT2D eigenvalue weighted by molar-refractivity contribution is 7.91. The van der Waals surface area contributed by atoms with Gasteiger partial charge in [-0.05, 0) is 20.8 Å². The third-order valence-corrected chi connectivity index (χ3v) is 4.96. The van der Waals surface area contributed by atoms with Crippen LogP contribution < -0.4 is 0 Å². The lowest BCUT2D eigenvalue weighted by molar-refractivity contribution is -0.123. The first-order chi connectivity index (χ1) is 6.16. The Balaban J connectivity index is 3.02. The topological polar surface area (TPSA) is 54.5 Å². The van der Waals surface area contributed by atoms with Crippen molar-refractivity contribution in [1.82, 2.24) is 4.31 Å². The van der Waals surface area contributed by atoms with Crippen molar-refractivity contribution >= 4 is 28.6 Å². The zero-order valence-electron chi connectivity index (χ0n) is 8.52. The van der Waals surface area contributed by atoms with Crippen molar-refractivity contribution in [2.75, 3.05) is 6.54 Å². The third-order valence-electron chi connectivity index (χ3n) is 2.13. The average Bonchev–Trinajstić information content (AvgIpc) is 2.27. The molecular formula is C8H15NO3S2. The number of hydrogen-bond donors (Lipinski definition) is 1. The van der Waals surface area contributed by atoms with Gasteiger partial charge < -0.3 is 0 Å². The second kappa shape index (κ2) is 3.41. The molecule has 4 nitrogen and oxygen atoms in total. The van der Waals surface area contributed by atoms with E-state index in [1.165, 1.54) is 0 Å². The zero-order valence-corrected chi connectivity index (χ0v) is 10.2.